The Bertz CT molecular complexity index is 712. The molecule has 2 N–H and O–H groups in total. The average Bonchev–Trinajstić information content (AvgIpc) is 2.59. The van der Waals surface area contributed by atoms with Crippen molar-refractivity contribution in [2.75, 3.05) is 36.8 Å². The number of likely N-dealkylation sites (N-methyl/N-ethyl adjacent to an activating group) is 2. The number of carbonyl (C=O) groups is 2. The van der Waals surface area contributed by atoms with Gasteiger partial charge in [0.25, 0.3) is 0 Å². The second-order valence-electron chi connectivity index (χ2n) is 6.83. The third-order valence-corrected chi connectivity index (χ3v) is 3.99. The number of hydrogen-bond donors (Lipinski definition) is 2. The summed E-state index contributed by atoms with van der Waals surface area (Å²) in [4.78, 5) is 28.3. The van der Waals surface area contributed by atoms with Gasteiger partial charge in [-0.2, -0.15) is 0 Å². The van der Waals surface area contributed by atoms with E-state index in [-0.39, 0.29) is 12.1 Å². The minimum Gasteiger partial charge on any atom is -0.321 e. The number of benzene rings is 1. The van der Waals surface area contributed by atoms with E-state index in [0.717, 1.165) is 16.7 Å². The van der Waals surface area contributed by atoms with Crippen molar-refractivity contribution in [3.05, 3.63) is 48.1 Å². The third kappa shape index (κ3) is 7.17. The first kappa shape index (κ1) is 22.3. The van der Waals surface area contributed by atoms with Crippen LogP contribution in [0, 0.1) is 6.92 Å². The van der Waals surface area contributed by atoms with Crippen LogP contribution in [-0.2, 0) is 0 Å². The lowest BCUT2D eigenvalue weighted by molar-refractivity contribution is 0.218. The Hall–Kier alpha value is -2.76. The molecule has 6 heteroatoms. The molecule has 0 aromatic heterocycles. The van der Waals surface area contributed by atoms with Crippen LogP contribution in [0.25, 0.3) is 0 Å². The number of nitrogens with zero attached hydrogens (tertiary/aromatic N) is 2. The van der Waals surface area contributed by atoms with Crippen molar-refractivity contribution in [3.63, 3.8) is 0 Å². The fourth-order valence-corrected chi connectivity index (χ4v) is 2.54. The molecule has 0 saturated carbocycles. The van der Waals surface area contributed by atoms with Crippen LogP contribution >= 0.6 is 0 Å². The van der Waals surface area contributed by atoms with E-state index >= 15 is 0 Å². The molecule has 0 spiro atoms. The normalized spacial score (nSPS) is 10.1. The van der Waals surface area contributed by atoms with E-state index in [1.165, 1.54) is 0 Å². The lowest BCUT2D eigenvalue weighted by atomic mass is 10.2. The maximum atomic E-state index is 12.5. The third-order valence-electron chi connectivity index (χ3n) is 3.99. The van der Waals surface area contributed by atoms with Crippen molar-refractivity contribution in [2.24, 2.45) is 0 Å². The summed E-state index contributed by atoms with van der Waals surface area (Å²) in [7, 11) is 0. The summed E-state index contributed by atoms with van der Waals surface area (Å²) in [5.41, 5.74) is 4.05. The van der Waals surface area contributed by atoms with Crippen molar-refractivity contribution < 1.29 is 9.59 Å². The van der Waals surface area contributed by atoms with Gasteiger partial charge in [-0.3, -0.25) is 0 Å². The Morgan fingerprint density at radius 3 is 1.85 bits per heavy atom. The van der Waals surface area contributed by atoms with Crippen molar-refractivity contribution in [1.82, 2.24) is 9.80 Å². The molecule has 0 aliphatic rings. The zero-order valence-electron chi connectivity index (χ0n) is 17.2. The number of urea groups is 2. The van der Waals surface area contributed by atoms with Gasteiger partial charge < -0.3 is 20.4 Å². The molecule has 0 saturated heterocycles. The lowest BCUT2D eigenvalue weighted by Crippen LogP contribution is -2.36. The van der Waals surface area contributed by atoms with Gasteiger partial charge in [0, 0.05) is 37.6 Å². The van der Waals surface area contributed by atoms with Gasteiger partial charge in [0.1, 0.15) is 0 Å². The maximum Gasteiger partial charge on any atom is 0.322 e. The average molecular weight is 373 g/mol. The SMILES string of the molecule is C=C(C)CN(CC)C(=O)Nc1ccc(C)c(NC(=O)N(CC)CC(=C)C)c1. The van der Waals surface area contributed by atoms with Gasteiger partial charge in [-0.1, -0.05) is 30.4 Å². The standard InChI is InChI=1S/C21H32N4O2/c1-8-24(13-15(3)4)20(26)22-18-11-10-17(7)19(12-18)23-21(27)25(9-2)14-16(5)6/h10-12H,3,5,8-9,13-14H2,1-2,4,6-7H3,(H,22,26)(H,23,27). The molecule has 27 heavy (non-hydrogen) atoms. The first-order chi connectivity index (χ1) is 12.7. The molecule has 0 aliphatic carbocycles. The van der Waals surface area contributed by atoms with Crippen LogP contribution in [0.4, 0.5) is 21.0 Å². The van der Waals surface area contributed by atoms with E-state index in [0.29, 0.717) is 37.6 Å². The highest BCUT2D eigenvalue weighted by Crippen LogP contribution is 2.21. The molecule has 0 radical (unpaired) electrons. The second-order valence-corrected chi connectivity index (χ2v) is 6.83. The van der Waals surface area contributed by atoms with Crippen molar-refractivity contribution in [3.8, 4) is 0 Å². The summed E-state index contributed by atoms with van der Waals surface area (Å²) in [5.74, 6) is 0. The highest BCUT2D eigenvalue weighted by Gasteiger charge is 2.15. The molecule has 0 bridgehead atoms. The van der Waals surface area contributed by atoms with E-state index in [1.807, 2.05) is 46.8 Å². The molecular formula is C21H32N4O2. The summed E-state index contributed by atoms with van der Waals surface area (Å²) in [6, 6.07) is 5.08. The molecule has 1 aromatic carbocycles. The lowest BCUT2D eigenvalue weighted by Gasteiger charge is -2.23. The molecule has 0 atom stereocenters. The molecule has 0 heterocycles. The molecule has 6 nitrogen and oxygen atoms in total. The largest absolute Gasteiger partial charge is 0.322 e. The Labute approximate surface area is 162 Å². The smallest absolute Gasteiger partial charge is 0.321 e. The summed E-state index contributed by atoms with van der Waals surface area (Å²) < 4.78 is 0. The number of amides is 4. The Balaban J connectivity index is 2.90. The summed E-state index contributed by atoms with van der Waals surface area (Å²) in [5, 5.41) is 5.80. The fraction of sp³-hybridized carbons (Fsp3) is 0.429. The Morgan fingerprint density at radius 2 is 1.41 bits per heavy atom. The Kier molecular flexibility index (Phi) is 8.59. The quantitative estimate of drug-likeness (QED) is 0.640. The van der Waals surface area contributed by atoms with Crippen LogP contribution < -0.4 is 10.6 Å². The number of aryl methyl sites for hydroxylation is 1. The van der Waals surface area contributed by atoms with Crippen LogP contribution in [-0.4, -0.2) is 48.0 Å². The Morgan fingerprint density at radius 1 is 0.926 bits per heavy atom. The van der Waals surface area contributed by atoms with Gasteiger partial charge >= 0.3 is 12.1 Å². The first-order valence-corrected chi connectivity index (χ1v) is 9.19. The van der Waals surface area contributed by atoms with Gasteiger partial charge in [0.05, 0.1) is 0 Å². The minimum atomic E-state index is -0.195. The van der Waals surface area contributed by atoms with Gasteiger partial charge in [-0.25, -0.2) is 9.59 Å². The molecule has 0 aliphatic heterocycles. The predicted octanol–water partition coefficient (Wildman–Crippen LogP) is 4.85. The molecule has 0 unspecified atom stereocenters. The fourth-order valence-electron chi connectivity index (χ4n) is 2.54. The zero-order valence-corrected chi connectivity index (χ0v) is 17.2. The van der Waals surface area contributed by atoms with E-state index in [9.17, 15) is 9.59 Å². The molecule has 1 rings (SSSR count). The summed E-state index contributed by atoms with van der Waals surface area (Å²) in [6.45, 7) is 19.4. The number of carbonyl (C=O) groups excluding carboxylic acids is 2. The molecule has 4 amide bonds. The zero-order chi connectivity index (χ0) is 20.6. The maximum absolute atomic E-state index is 12.5. The predicted molar refractivity (Wildman–Crippen MR) is 113 cm³/mol. The van der Waals surface area contributed by atoms with E-state index in [2.05, 4.69) is 23.8 Å². The first-order valence-electron chi connectivity index (χ1n) is 9.19. The number of hydrogen-bond acceptors (Lipinski definition) is 2. The van der Waals surface area contributed by atoms with Crippen LogP contribution in [0.1, 0.15) is 33.3 Å². The van der Waals surface area contributed by atoms with Gasteiger partial charge in [-0.15, -0.1) is 0 Å². The van der Waals surface area contributed by atoms with Crippen LogP contribution in [0.2, 0.25) is 0 Å². The molecule has 148 valence electrons. The highest BCUT2D eigenvalue weighted by atomic mass is 16.2. The molecule has 1 aromatic rings. The van der Waals surface area contributed by atoms with Crippen LogP contribution in [0.5, 0.6) is 0 Å². The van der Waals surface area contributed by atoms with Crippen LogP contribution in [0.15, 0.2) is 42.5 Å². The topological polar surface area (TPSA) is 64.7 Å². The van der Waals surface area contributed by atoms with E-state index in [4.69, 9.17) is 0 Å². The molecule has 0 fully saturated rings. The highest BCUT2D eigenvalue weighted by molar-refractivity contribution is 5.93. The van der Waals surface area contributed by atoms with Crippen molar-refractivity contribution in [2.45, 2.75) is 34.6 Å². The van der Waals surface area contributed by atoms with Crippen LogP contribution in [0.3, 0.4) is 0 Å². The summed E-state index contributed by atoms with van der Waals surface area (Å²) in [6.07, 6.45) is 0. The number of rotatable bonds is 8. The minimum absolute atomic E-state index is 0.190. The monoisotopic (exact) mass is 372 g/mol. The second kappa shape index (κ2) is 10.4. The molecular weight excluding hydrogens is 340 g/mol. The number of anilines is 2. The summed E-state index contributed by atoms with van der Waals surface area (Å²) >= 11 is 0. The van der Waals surface area contributed by atoms with E-state index in [1.54, 1.807) is 15.9 Å². The van der Waals surface area contributed by atoms with Gasteiger partial charge in [0.2, 0.25) is 0 Å². The van der Waals surface area contributed by atoms with Crippen molar-refractivity contribution in [1.29, 1.82) is 0 Å². The number of nitrogens with one attached hydrogen (secondary N) is 2. The van der Waals surface area contributed by atoms with Gasteiger partial charge in [0.15, 0.2) is 0 Å². The van der Waals surface area contributed by atoms with Gasteiger partial charge in [-0.05, 0) is 52.3 Å². The van der Waals surface area contributed by atoms with E-state index < -0.39 is 0 Å². The van der Waals surface area contributed by atoms with Crippen molar-refractivity contribution >= 4 is 23.4 Å².